The summed E-state index contributed by atoms with van der Waals surface area (Å²) in [7, 11) is 0. The number of hydrogen-bond donors (Lipinski definition) is 4. The Balaban J connectivity index is 3.43. The van der Waals surface area contributed by atoms with Gasteiger partial charge in [-0.3, -0.25) is 14.4 Å². The number of carbonyl (C=O) groups is 4. The van der Waals surface area contributed by atoms with Gasteiger partial charge < -0.3 is 31.1 Å². The van der Waals surface area contributed by atoms with Gasteiger partial charge in [-0.25, -0.2) is 4.79 Å². The number of nitrogens with one attached hydrogen (secondary N) is 2. The Morgan fingerprint density at radius 3 is 2.21 bits per heavy atom. The molecule has 0 heterocycles. The molecule has 0 saturated heterocycles. The van der Waals surface area contributed by atoms with Crippen LogP contribution in [0.2, 0.25) is 0 Å². The number of nitrogens with two attached hydrogens (primary N) is 1. The first kappa shape index (κ1) is 32.7. The smallest absolute Gasteiger partial charge is 0.408 e. The average molecular weight is 535 g/mol. The summed E-state index contributed by atoms with van der Waals surface area (Å²) in [6.45, 7) is 11.0. The number of nitrogens with zero attached hydrogens (tertiary/aromatic N) is 1. The molecule has 38 heavy (non-hydrogen) atoms. The first-order chi connectivity index (χ1) is 17.7. The van der Waals surface area contributed by atoms with E-state index in [1.165, 1.54) is 17.0 Å². The molecule has 0 aliphatic heterocycles. The molecule has 0 aliphatic rings. The molecule has 214 valence electrons. The van der Waals surface area contributed by atoms with Crippen LogP contribution in [-0.4, -0.2) is 58.1 Å². The van der Waals surface area contributed by atoms with Crippen LogP contribution in [0.3, 0.4) is 0 Å². The van der Waals surface area contributed by atoms with Crippen LogP contribution in [0.15, 0.2) is 24.3 Å². The van der Waals surface area contributed by atoms with Crippen LogP contribution < -0.4 is 16.4 Å². The normalized spacial score (nSPS) is 12.9. The largest absolute Gasteiger partial charge is 0.508 e. The van der Waals surface area contributed by atoms with Gasteiger partial charge in [0.25, 0.3) is 0 Å². The fraction of sp³-hybridized carbons (Fsp3) is 0.643. The number of alkyl carbamates (subject to hydrolysis) is 1. The number of ether oxygens (including phenoxy) is 1. The number of unbranched alkanes of at least 4 members (excludes halogenated alkanes) is 5. The van der Waals surface area contributed by atoms with Crippen molar-refractivity contribution in [3.05, 3.63) is 29.8 Å². The van der Waals surface area contributed by atoms with Crippen molar-refractivity contribution in [2.45, 2.75) is 110 Å². The summed E-state index contributed by atoms with van der Waals surface area (Å²) in [6, 6.07) is 3.48. The molecule has 0 fully saturated rings. The molecule has 1 aromatic rings. The highest BCUT2D eigenvalue weighted by Crippen LogP contribution is 2.27. The number of primary amides is 1. The van der Waals surface area contributed by atoms with Crippen LogP contribution in [0, 0.1) is 0 Å². The van der Waals surface area contributed by atoms with Crippen molar-refractivity contribution >= 4 is 23.8 Å². The lowest BCUT2D eigenvalue weighted by Crippen LogP contribution is -2.54. The number of carbonyl (C=O) groups excluding carboxylic acids is 4. The number of rotatable bonds is 15. The second kappa shape index (κ2) is 15.8. The third kappa shape index (κ3) is 12.3. The van der Waals surface area contributed by atoms with Gasteiger partial charge in [0, 0.05) is 12.6 Å². The summed E-state index contributed by atoms with van der Waals surface area (Å²) < 4.78 is 5.29. The van der Waals surface area contributed by atoms with Crippen molar-refractivity contribution in [2.75, 3.05) is 6.54 Å². The predicted molar refractivity (Wildman–Crippen MR) is 146 cm³/mol. The molecule has 0 aliphatic carbocycles. The number of phenols is 1. The van der Waals surface area contributed by atoms with Crippen LogP contribution in [0.1, 0.15) is 98.1 Å². The fourth-order valence-electron chi connectivity index (χ4n) is 4.01. The van der Waals surface area contributed by atoms with Gasteiger partial charge in [-0.15, -0.1) is 0 Å². The molecule has 4 amide bonds. The number of phenolic OH excluding ortho intramolecular Hbond substituents is 1. The lowest BCUT2D eigenvalue weighted by molar-refractivity contribution is -0.143. The maximum atomic E-state index is 13.9. The highest BCUT2D eigenvalue weighted by Gasteiger charge is 2.37. The Hall–Kier alpha value is -3.30. The van der Waals surface area contributed by atoms with Gasteiger partial charge in [-0.1, -0.05) is 51.2 Å². The van der Waals surface area contributed by atoms with Crippen molar-refractivity contribution in [2.24, 2.45) is 5.73 Å². The zero-order valence-electron chi connectivity index (χ0n) is 23.7. The van der Waals surface area contributed by atoms with E-state index in [0.717, 1.165) is 32.1 Å². The molecular weight excluding hydrogens is 488 g/mol. The van der Waals surface area contributed by atoms with E-state index in [2.05, 4.69) is 17.6 Å². The fourth-order valence-corrected chi connectivity index (χ4v) is 4.01. The monoisotopic (exact) mass is 534 g/mol. The number of benzene rings is 1. The van der Waals surface area contributed by atoms with Gasteiger partial charge in [-0.05, 0) is 58.7 Å². The summed E-state index contributed by atoms with van der Waals surface area (Å²) in [4.78, 5) is 53.2. The molecular formula is C28H46N4O6. The third-order valence-electron chi connectivity index (χ3n) is 5.61. The maximum Gasteiger partial charge on any atom is 0.408 e. The SMILES string of the molecule is CCCCCCCCN(C(=O)C(CC(N)=O)NC(=O)OC(C)(C)C)C(C(=O)NC(C)C)c1cccc(O)c1. The molecule has 0 radical (unpaired) electrons. The van der Waals surface area contributed by atoms with Crippen LogP contribution in [0.5, 0.6) is 5.75 Å². The number of hydrogen-bond acceptors (Lipinski definition) is 6. The van der Waals surface area contributed by atoms with E-state index < -0.39 is 47.9 Å². The molecule has 10 nitrogen and oxygen atoms in total. The lowest BCUT2D eigenvalue weighted by Gasteiger charge is -2.34. The van der Waals surface area contributed by atoms with E-state index in [1.54, 1.807) is 46.8 Å². The number of amides is 4. The van der Waals surface area contributed by atoms with E-state index in [1.807, 2.05) is 0 Å². The minimum Gasteiger partial charge on any atom is -0.508 e. The van der Waals surface area contributed by atoms with Crippen molar-refractivity contribution in [3.63, 3.8) is 0 Å². The first-order valence-corrected chi connectivity index (χ1v) is 13.4. The molecule has 5 N–H and O–H groups in total. The van der Waals surface area contributed by atoms with Crippen molar-refractivity contribution in [1.82, 2.24) is 15.5 Å². The third-order valence-corrected chi connectivity index (χ3v) is 5.61. The molecule has 2 atom stereocenters. The summed E-state index contributed by atoms with van der Waals surface area (Å²) in [5.74, 6) is -1.94. The Morgan fingerprint density at radius 2 is 1.66 bits per heavy atom. The van der Waals surface area contributed by atoms with E-state index in [4.69, 9.17) is 10.5 Å². The Kier molecular flexibility index (Phi) is 13.6. The maximum absolute atomic E-state index is 13.9. The van der Waals surface area contributed by atoms with E-state index in [-0.39, 0.29) is 18.3 Å². The standard InChI is InChI=1S/C28H46N4O6/c1-7-8-9-10-11-12-16-32(24(25(35)30-19(2)3)20-14-13-15-21(33)17-20)26(36)22(18-23(29)34)31-27(37)38-28(4,5)6/h13-15,17,19,22,24,33H,7-12,16,18H2,1-6H3,(H2,29,34)(H,30,35)(H,31,37). The van der Waals surface area contributed by atoms with Crippen LogP contribution >= 0.6 is 0 Å². The van der Waals surface area contributed by atoms with Gasteiger partial charge in [0.15, 0.2) is 0 Å². The van der Waals surface area contributed by atoms with Gasteiger partial charge in [0.05, 0.1) is 6.42 Å². The molecule has 0 spiro atoms. The van der Waals surface area contributed by atoms with Crippen molar-refractivity contribution in [3.8, 4) is 5.75 Å². The first-order valence-electron chi connectivity index (χ1n) is 13.4. The molecule has 1 rings (SSSR count). The van der Waals surface area contributed by atoms with Crippen molar-refractivity contribution < 1.29 is 29.0 Å². The highest BCUT2D eigenvalue weighted by molar-refractivity contribution is 5.94. The minimum atomic E-state index is -1.34. The zero-order chi connectivity index (χ0) is 28.9. The lowest BCUT2D eigenvalue weighted by atomic mass is 10.0. The second-order valence-corrected chi connectivity index (χ2v) is 10.8. The average Bonchev–Trinajstić information content (AvgIpc) is 2.77. The zero-order valence-corrected chi connectivity index (χ0v) is 23.7. The molecule has 10 heteroatoms. The van der Waals surface area contributed by atoms with Gasteiger partial charge >= 0.3 is 6.09 Å². The summed E-state index contributed by atoms with van der Waals surface area (Å²) >= 11 is 0. The van der Waals surface area contributed by atoms with Crippen LogP contribution in [-0.2, 0) is 19.1 Å². The summed E-state index contributed by atoms with van der Waals surface area (Å²) in [5.41, 5.74) is 4.99. The van der Waals surface area contributed by atoms with Crippen molar-refractivity contribution in [1.29, 1.82) is 0 Å². The van der Waals surface area contributed by atoms with Gasteiger partial charge in [0.1, 0.15) is 23.4 Å². The minimum absolute atomic E-state index is 0.0580. The topological polar surface area (TPSA) is 151 Å². The highest BCUT2D eigenvalue weighted by atomic mass is 16.6. The summed E-state index contributed by atoms with van der Waals surface area (Å²) in [6.07, 6.45) is 4.36. The Bertz CT molecular complexity index is 928. The van der Waals surface area contributed by atoms with E-state index in [0.29, 0.717) is 12.0 Å². The number of aromatic hydroxyl groups is 1. The molecule has 0 aromatic heterocycles. The molecule has 1 aromatic carbocycles. The quantitative estimate of drug-likeness (QED) is 0.250. The molecule has 0 bridgehead atoms. The Labute approximate surface area is 226 Å². The van der Waals surface area contributed by atoms with Crippen LogP contribution in [0.4, 0.5) is 4.79 Å². The van der Waals surface area contributed by atoms with Gasteiger partial charge in [0.2, 0.25) is 17.7 Å². The molecule has 2 unspecified atom stereocenters. The summed E-state index contributed by atoms with van der Waals surface area (Å²) in [5, 5.41) is 15.4. The van der Waals surface area contributed by atoms with E-state index >= 15 is 0 Å². The Morgan fingerprint density at radius 1 is 1.03 bits per heavy atom. The molecule has 0 saturated carbocycles. The van der Waals surface area contributed by atoms with Gasteiger partial charge in [-0.2, -0.15) is 0 Å². The van der Waals surface area contributed by atoms with E-state index in [9.17, 15) is 24.3 Å². The predicted octanol–water partition coefficient (Wildman–Crippen LogP) is 3.92. The second-order valence-electron chi connectivity index (χ2n) is 10.8. The van der Waals surface area contributed by atoms with Crippen LogP contribution in [0.25, 0.3) is 0 Å².